The van der Waals surface area contributed by atoms with Gasteiger partial charge in [0.25, 0.3) is 10.0 Å². The van der Waals surface area contributed by atoms with E-state index in [0.29, 0.717) is 27.8 Å². The minimum Gasteiger partial charge on any atom is -0.493 e. The number of benzene rings is 3. The molecule has 0 saturated carbocycles. The number of hydrogen-bond acceptors (Lipinski definition) is 6. The summed E-state index contributed by atoms with van der Waals surface area (Å²) in [6.45, 7) is 6.76. The number of nitrogens with one attached hydrogen (secondary N) is 1. The van der Waals surface area contributed by atoms with E-state index in [1.165, 1.54) is 37.3 Å². The van der Waals surface area contributed by atoms with Gasteiger partial charge in [-0.1, -0.05) is 60.8 Å². The SMILES string of the molecule is CC[C@@H](C)NC(=O)[C@H](CC)N(Cc1c(Cl)cccc1Cl)C(=O)CN(c1ccc(C)cc1)S(=O)(=O)c1ccc(OC)c(OC)c1. The normalized spacial score (nSPS) is 12.6. The molecule has 0 fully saturated rings. The highest BCUT2D eigenvalue weighted by molar-refractivity contribution is 7.92. The average molecular weight is 665 g/mol. The molecule has 2 amide bonds. The topological polar surface area (TPSA) is 105 Å². The molecule has 12 heteroatoms. The zero-order chi connectivity index (χ0) is 32.6. The number of ether oxygens (including phenoxy) is 2. The van der Waals surface area contributed by atoms with Crippen molar-refractivity contribution in [3.05, 3.63) is 81.8 Å². The minimum absolute atomic E-state index is 0.106. The maximum Gasteiger partial charge on any atom is 0.264 e. The highest BCUT2D eigenvalue weighted by Crippen LogP contribution is 2.33. The third kappa shape index (κ3) is 8.16. The van der Waals surface area contributed by atoms with Gasteiger partial charge in [-0.2, -0.15) is 0 Å². The van der Waals surface area contributed by atoms with Crippen LogP contribution >= 0.6 is 23.2 Å². The first-order valence-corrected chi connectivity index (χ1v) is 16.4. The van der Waals surface area contributed by atoms with Crippen LogP contribution in [0.1, 0.15) is 44.7 Å². The van der Waals surface area contributed by atoms with Crippen LogP contribution in [-0.4, -0.2) is 58.0 Å². The number of nitrogens with zero attached hydrogens (tertiary/aromatic N) is 2. The van der Waals surface area contributed by atoms with Crippen molar-refractivity contribution < 1.29 is 27.5 Å². The molecule has 238 valence electrons. The molecule has 3 aromatic carbocycles. The van der Waals surface area contributed by atoms with Gasteiger partial charge in [-0.3, -0.25) is 13.9 Å². The molecule has 0 spiro atoms. The molecule has 9 nitrogen and oxygen atoms in total. The number of aryl methyl sites for hydroxylation is 1. The molecule has 0 aromatic heterocycles. The lowest BCUT2D eigenvalue weighted by molar-refractivity contribution is -0.140. The van der Waals surface area contributed by atoms with E-state index in [0.717, 1.165) is 9.87 Å². The van der Waals surface area contributed by atoms with Crippen LogP contribution in [-0.2, 0) is 26.2 Å². The lowest BCUT2D eigenvalue weighted by atomic mass is 10.1. The van der Waals surface area contributed by atoms with Gasteiger partial charge in [-0.15, -0.1) is 0 Å². The van der Waals surface area contributed by atoms with Crippen LogP contribution in [0.4, 0.5) is 5.69 Å². The summed E-state index contributed by atoms with van der Waals surface area (Å²) < 4.78 is 40.1. The van der Waals surface area contributed by atoms with Crippen molar-refractivity contribution >= 4 is 50.7 Å². The number of anilines is 1. The smallest absolute Gasteiger partial charge is 0.264 e. The number of sulfonamides is 1. The summed E-state index contributed by atoms with van der Waals surface area (Å²) in [4.78, 5) is 29.0. The Morgan fingerprint density at radius 1 is 0.909 bits per heavy atom. The Labute approximate surface area is 270 Å². The summed E-state index contributed by atoms with van der Waals surface area (Å²) in [5.74, 6) is -0.406. The highest BCUT2D eigenvalue weighted by atomic mass is 35.5. The fourth-order valence-electron chi connectivity index (χ4n) is 4.56. The molecule has 0 unspecified atom stereocenters. The molecule has 0 aliphatic heterocycles. The van der Waals surface area contributed by atoms with E-state index in [1.807, 2.05) is 20.8 Å². The second-order valence-corrected chi connectivity index (χ2v) is 13.0. The number of halogens is 2. The van der Waals surface area contributed by atoms with Gasteiger partial charge < -0.3 is 19.7 Å². The molecule has 0 aliphatic rings. The summed E-state index contributed by atoms with van der Waals surface area (Å²) in [5, 5.41) is 3.59. The van der Waals surface area contributed by atoms with Crippen molar-refractivity contribution in [1.29, 1.82) is 0 Å². The van der Waals surface area contributed by atoms with E-state index < -0.39 is 28.5 Å². The van der Waals surface area contributed by atoms with Crippen LogP contribution in [0.2, 0.25) is 10.0 Å². The van der Waals surface area contributed by atoms with Crippen molar-refractivity contribution in [1.82, 2.24) is 10.2 Å². The van der Waals surface area contributed by atoms with Crippen molar-refractivity contribution in [3.8, 4) is 11.5 Å². The van der Waals surface area contributed by atoms with Crippen LogP contribution in [0.25, 0.3) is 0 Å². The van der Waals surface area contributed by atoms with Crippen molar-refractivity contribution in [2.45, 2.75) is 64.1 Å². The van der Waals surface area contributed by atoms with Crippen LogP contribution in [0.15, 0.2) is 65.6 Å². The summed E-state index contributed by atoms with van der Waals surface area (Å²) >= 11 is 13.0. The van der Waals surface area contributed by atoms with Gasteiger partial charge in [-0.05, 0) is 63.1 Å². The fourth-order valence-corrected chi connectivity index (χ4v) is 6.51. The molecular weight excluding hydrogens is 625 g/mol. The first-order chi connectivity index (χ1) is 20.9. The van der Waals surface area contributed by atoms with Gasteiger partial charge in [0.05, 0.1) is 24.8 Å². The Hall–Kier alpha value is -3.47. The lowest BCUT2D eigenvalue weighted by Gasteiger charge is -2.34. The Bertz CT molecular complexity index is 1550. The molecule has 0 heterocycles. The Morgan fingerprint density at radius 3 is 2.07 bits per heavy atom. The van der Waals surface area contributed by atoms with Crippen molar-refractivity contribution in [3.63, 3.8) is 0 Å². The van der Waals surface area contributed by atoms with E-state index >= 15 is 0 Å². The zero-order valence-electron chi connectivity index (χ0n) is 25.8. The number of hydrogen-bond donors (Lipinski definition) is 1. The largest absolute Gasteiger partial charge is 0.493 e. The molecule has 1 N–H and O–H groups in total. The predicted octanol–water partition coefficient (Wildman–Crippen LogP) is 6.24. The molecular formula is C32H39Cl2N3O6S. The van der Waals surface area contributed by atoms with Gasteiger partial charge in [0.15, 0.2) is 11.5 Å². The average Bonchev–Trinajstić information content (AvgIpc) is 3.00. The number of rotatable bonds is 14. The van der Waals surface area contributed by atoms with Crippen LogP contribution in [0.3, 0.4) is 0 Å². The molecule has 3 rings (SSSR count). The van der Waals surface area contributed by atoms with Gasteiger partial charge in [0.1, 0.15) is 12.6 Å². The van der Waals surface area contributed by atoms with E-state index in [-0.39, 0.29) is 41.2 Å². The van der Waals surface area contributed by atoms with E-state index in [2.05, 4.69) is 5.32 Å². The van der Waals surface area contributed by atoms with Crippen molar-refractivity contribution in [2.24, 2.45) is 0 Å². The first kappa shape index (κ1) is 35.0. The van der Waals surface area contributed by atoms with Gasteiger partial charge >= 0.3 is 0 Å². The Balaban J connectivity index is 2.13. The quantitative estimate of drug-likeness (QED) is 0.219. The summed E-state index contributed by atoms with van der Waals surface area (Å²) in [5.41, 5.74) is 1.63. The third-order valence-corrected chi connectivity index (χ3v) is 9.80. The first-order valence-electron chi connectivity index (χ1n) is 14.2. The minimum atomic E-state index is -4.32. The summed E-state index contributed by atoms with van der Waals surface area (Å²) in [7, 11) is -1.47. The maximum absolute atomic E-state index is 14.3. The molecule has 2 atom stereocenters. The summed E-state index contributed by atoms with van der Waals surface area (Å²) in [6.07, 6.45) is 0.959. The Kier molecular flexibility index (Phi) is 12.3. The number of amides is 2. The zero-order valence-corrected chi connectivity index (χ0v) is 28.1. The molecule has 0 bridgehead atoms. The Morgan fingerprint density at radius 2 is 1.52 bits per heavy atom. The van der Waals surface area contributed by atoms with E-state index in [9.17, 15) is 18.0 Å². The maximum atomic E-state index is 14.3. The molecule has 44 heavy (non-hydrogen) atoms. The molecule has 0 saturated heterocycles. The van der Waals surface area contributed by atoms with Gasteiger partial charge in [0.2, 0.25) is 11.8 Å². The molecule has 0 radical (unpaired) electrons. The number of methoxy groups -OCH3 is 2. The highest BCUT2D eigenvalue weighted by Gasteiger charge is 2.35. The van der Waals surface area contributed by atoms with Gasteiger partial charge in [0, 0.05) is 34.3 Å². The van der Waals surface area contributed by atoms with Crippen LogP contribution in [0, 0.1) is 6.92 Å². The van der Waals surface area contributed by atoms with E-state index in [1.54, 1.807) is 49.4 Å². The van der Waals surface area contributed by atoms with Gasteiger partial charge in [-0.25, -0.2) is 8.42 Å². The fraction of sp³-hybridized carbons (Fsp3) is 0.375. The molecule has 0 aliphatic carbocycles. The van der Waals surface area contributed by atoms with Crippen molar-refractivity contribution in [2.75, 3.05) is 25.1 Å². The van der Waals surface area contributed by atoms with Crippen LogP contribution < -0.4 is 19.1 Å². The third-order valence-electron chi connectivity index (χ3n) is 7.32. The molecule has 3 aromatic rings. The van der Waals surface area contributed by atoms with E-state index in [4.69, 9.17) is 32.7 Å². The second kappa shape index (κ2) is 15.5. The lowest BCUT2D eigenvalue weighted by Crippen LogP contribution is -2.53. The number of carbonyl (C=O) groups excluding carboxylic acids is 2. The second-order valence-electron chi connectivity index (χ2n) is 10.3. The van der Waals surface area contributed by atoms with Crippen LogP contribution in [0.5, 0.6) is 11.5 Å². The summed E-state index contributed by atoms with van der Waals surface area (Å²) in [6, 6.07) is 14.9. The monoisotopic (exact) mass is 663 g/mol. The number of carbonyl (C=O) groups is 2. The predicted molar refractivity (Wildman–Crippen MR) is 174 cm³/mol. The standard InChI is InChI=1S/C32H39Cl2N3O6S/c1-7-22(4)35-32(39)28(8-2)36(19-25-26(33)10-9-11-27(25)34)31(38)20-37(23-14-12-21(3)13-15-23)44(40,41)24-16-17-29(42-5)30(18-24)43-6/h9-18,22,28H,7-8,19-20H2,1-6H3,(H,35,39)/t22-,28+/m1/s1.